The summed E-state index contributed by atoms with van der Waals surface area (Å²) >= 11 is 0. The molecule has 0 unspecified atom stereocenters. The van der Waals surface area contributed by atoms with Crippen molar-refractivity contribution in [1.29, 1.82) is 5.26 Å². The molecule has 0 aliphatic rings. The van der Waals surface area contributed by atoms with Gasteiger partial charge < -0.3 is 14.0 Å². The topological polar surface area (TPSA) is 33.0 Å². The van der Waals surface area contributed by atoms with Crippen LogP contribution in [-0.4, -0.2) is 6.61 Å². The second kappa shape index (κ2) is 4.88. The van der Waals surface area contributed by atoms with Crippen LogP contribution in [0.15, 0.2) is 0 Å². The van der Waals surface area contributed by atoms with Crippen LogP contribution in [-0.2, 0) is 4.52 Å². The fourth-order valence-corrected chi connectivity index (χ4v) is 0.199. The Morgan fingerprint density at radius 2 is 2.50 bits per heavy atom. The molecule has 0 fully saturated rings. The molecule has 6 heavy (non-hydrogen) atoms. The molecule has 2 nitrogen and oxygen atoms in total. The first-order valence-corrected chi connectivity index (χ1v) is 1.98. The van der Waals surface area contributed by atoms with Crippen molar-refractivity contribution in [3.8, 4) is 6.07 Å². The maximum absolute atomic E-state index is 7.85. The van der Waals surface area contributed by atoms with Crippen molar-refractivity contribution in [3.05, 3.63) is 0 Å². The van der Waals surface area contributed by atoms with Gasteiger partial charge in [-0.25, -0.2) is 0 Å². The molecule has 0 spiro atoms. The van der Waals surface area contributed by atoms with Crippen molar-refractivity contribution in [2.45, 2.75) is 6.42 Å². The van der Waals surface area contributed by atoms with E-state index in [1.54, 1.807) is 0 Å². The van der Waals surface area contributed by atoms with Crippen LogP contribution in [0.5, 0.6) is 0 Å². The third-order valence-corrected chi connectivity index (χ3v) is 0.520. The summed E-state index contributed by atoms with van der Waals surface area (Å²) in [5.74, 6) is 0. The van der Waals surface area contributed by atoms with E-state index in [-0.39, 0.29) is 0 Å². The molecule has 0 saturated carbocycles. The molecule has 0 amide bonds. The Hall–Kier alpha value is -0.120. The standard InChI is InChI=1S/C3H5NOP/c4-2-1-3-5-6/h6H,1,3H2/q-1. The number of rotatable bonds is 2. The summed E-state index contributed by atoms with van der Waals surface area (Å²) < 4.78 is 4.37. The molecule has 0 radical (unpaired) electrons. The van der Waals surface area contributed by atoms with E-state index in [1.807, 2.05) is 6.07 Å². The zero-order valence-corrected chi connectivity index (χ0v) is 4.27. The summed E-state index contributed by atoms with van der Waals surface area (Å²) in [5, 5.41) is 7.85. The smallest absolute Gasteiger partial charge is 0.0644 e. The Kier molecular flexibility index (Phi) is 4.78. The fourth-order valence-electron chi connectivity index (χ4n) is 0.0967. The minimum Gasteiger partial charge on any atom is -0.560 e. The van der Waals surface area contributed by atoms with E-state index in [9.17, 15) is 0 Å². The minimum absolute atomic E-state index is 0.448. The predicted molar refractivity (Wildman–Crippen MR) is 24.5 cm³/mol. The van der Waals surface area contributed by atoms with Gasteiger partial charge in [0.15, 0.2) is 0 Å². The van der Waals surface area contributed by atoms with Crippen molar-refractivity contribution >= 4 is 9.47 Å². The van der Waals surface area contributed by atoms with Gasteiger partial charge in [0, 0.05) is 6.61 Å². The Labute approximate surface area is 39.4 Å². The van der Waals surface area contributed by atoms with Crippen LogP contribution in [0.3, 0.4) is 0 Å². The van der Waals surface area contributed by atoms with Crippen molar-refractivity contribution in [2.24, 2.45) is 0 Å². The van der Waals surface area contributed by atoms with Gasteiger partial charge in [-0.3, -0.25) is 0 Å². The van der Waals surface area contributed by atoms with Crippen molar-refractivity contribution in [3.63, 3.8) is 0 Å². The molecule has 0 heterocycles. The van der Waals surface area contributed by atoms with E-state index in [1.165, 1.54) is 0 Å². The molecule has 3 heteroatoms. The Bertz CT molecular complexity index is 58.3. The highest BCUT2D eigenvalue weighted by molar-refractivity contribution is 7.09. The zero-order valence-electron chi connectivity index (χ0n) is 3.27. The summed E-state index contributed by atoms with van der Waals surface area (Å²) in [4.78, 5) is 0. The van der Waals surface area contributed by atoms with E-state index in [0.717, 1.165) is 0 Å². The lowest BCUT2D eigenvalue weighted by Gasteiger charge is -1.96. The normalized spacial score (nSPS) is 7.33. The van der Waals surface area contributed by atoms with E-state index >= 15 is 0 Å². The molecule has 0 rings (SSSR count). The minimum atomic E-state index is 0.448. The molecule has 0 aliphatic carbocycles. The lowest BCUT2D eigenvalue weighted by Crippen LogP contribution is -1.76. The maximum atomic E-state index is 7.85. The second-order valence-electron chi connectivity index (χ2n) is 0.757. The fraction of sp³-hybridized carbons (Fsp3) is 0.667. The number of hydrogen-bond donors (Lipinski definition) is 0. The van der Waals surface area contributed by atoms with Crippen LogP contribution in [0.4, 0.5) is 0 Å². The van der Waals surface area contributed by atoms with Crippen LogP contribution in [0.1, 0.15) is 6.42 Å². The summed E-state index contributed by atoms with van der Waals surface area (Å²) in [6.45, 7) is 0.466. The van der Waals surface area contributed by atoms with Crippen molar-refractivity contribution in [1.82, 2.24) is 0 Å². The molecule has 0 bridgehead atoms. The molecule has 0 aromatic rings. The van der Waals surface area contributed by atoms with Gasteiger partial charge in [-0.05, 0) is 0 Å². The average molecular weight is 102 g/mol. The summed E-state index contributed by atoms with van der Waals surface area (Å²) in [5.41, 5.74) is 0. The largest absolute Gasteiger partial charge is 0.560 e. The first kappa shape index (κ1) is 5.88. The van der Waals surface area contributed by atoms with Gasteiger partial charge in [0.2, 0.25) is 0 Å². The molecule has 0 N–H and O–H groups in total. The second-order valence-corrected chi connectivity index (χ2v) is 1.05. The van der Waals surface area contributed by atoms with E-state index in [0.29, 0.717) is 13.0 Å². The lowest BCUT2D eigenvalue weighted by molar-refractivity contribution is 0.383. The Morgan fingerprint density at radius 1 is 1.83 bits per heavy atom. The van der Waals surface area contributed by atoms with Gasteiger partial charge in [0.05, 0.1) is 12.5 Å². The Balaban J connectivity index is 2.54. The Morgan fingerprint density at radius 3 is 2.67 bits per heavy atom. The van der Waals surface area contributed by atoms with Gasteiger partial charge in [-0.15, -0.1) is 0 Å². The molecule has 0 aromatic carbocycles. The summed E-state index contributed by atoms with van der Waals surface area (Å²) in [7, 11) is 2.74. The van der Waals surface area contributed by atoms with Gasteiger partial charge in [-0.2, -0.15) is 5.26 Å². The zero-order chi connectivity index (χ0) is 4.83. The summed E-state index contributed by atoms with van der Waals surface area (Å²) in [6.07, 6.45) is 0.448. The number of hydrogen-bond acceptors (Lipinski definition) is 2. The highest BCUT2D eigenvalue weighted by atomic mass is 31.0. The third kappa shape index (κ3) is 3.88. The number of nitrogens with zero attached hydrogens (tertiary/aromatic N) is 1. The van der Waals surface area contributed by atoms with Crippen molar-refractivity contribution < 1.29 is 4.52 Å². The molecule has 0 saturated heterocycles. The first-order valence-electron chi connectivity index (χ1n) is 1.57. The lowest BCUT2D eigenvalue weighted by atomic mass is 10.5. The van der Waals surface area contributed by atoms with Gasteiger partial charge in [0.25, 0.3) is 0 Å². The van der Waals surface area contributed by atoms with Crippen LogP contribution >= 0.6 is 9.47 Å². The van der Waals surface area contributed by atoms with Crippen LogP contribution in [0.25, 0.3) is 0 Å². The van der Waals surface area contributed by atoms with E-state index in [2.05, 4.69) is 14.0 Å². The van der Waals surface area contributed by atoms with Crippen LogP contribution in [0.2, 0.25) is 0 Å². The molecule has 34 valence electrons. The SMILES string of the molecule is N#CCCO[PH-]. The third-order valence-electron chi connectivity index (χ3n) is 0.316. The molecule has 0 aromatic heterocycles. The molecular formula is C3H5NOP-. The predicted octanol–water partition coefficient (Wildman–Crippen LogP) is 0.974. The molecule has 0 aliphatic heterocycles. The van der Waals surface area contributed by atoms with Crippen molar-refractivity contribution in [2.75, 3.05) is 6.61 Å². The molecule has 0 atom stereocenters. The summed E-state index contributed by atoms with van der Waals surface area (Å²) in [6, 6.07) is 1.91. The highest BCUT2D eigenvalue weighted by Gasteiger charge is 1.68. The highest BCUT2D eigenvalue weighted by Crippen LogP contribution is 1.84. The molecular weight excluding hydrogens is 97.0 g/mol. The van der Waals surface area contributed by atoms with Gasteiger partial charge >= 0.3 is 0 Å². The maximum Gasteiger partial charge on any atom is 0.0644 e. The average Bonchev–Trinajstić information content (AvgIpc) is 1.61. The van der Waals surface area contributed by atoms with Crippen LogP contribution in [0, 0.1) is 11.3 Å². The quantitative estimate of drug-likeness (QED) is 0.384. The van der Waals surface area contributed by atoms with Crippen LogP contribution < -0.4 is 0 Å². The number of nitriles is 1. The monoisotopic (exact) mass is 102 g/mol. The van der Waals surface area contributed by atoms with E-state index < -0.39 is 0 Å². The first-order chi connectivity index (χ1) is 2.91. The van der Waals surface area contributed by atoms with E-state index in [4.69, 9.17) is 5.26 Å². The van der Waals surface area contributed by atoms with Gasteiger partial charge in [0.1, 0.15) is 0 Å². The van der Waals surface area contributed by atoms with Gasteiger partial charge in [-0.1, -0.05) is 0 Å².